The van der Waals surface area contributed by atoms with Crippen LogP contribution in [0, 0.1) is 0 Å². The lowest BCUT2D eigenvalue weighted by atomic mass is 10.1. The molecule has 2 rings (SSSR count). The summed E-state index contributed by atoms with van der Waals surface area (Å²) in [6.07, 6.45) is 0.108. The van der Waals surface area contributed by atoms with Crippen molar-refractivity contribution < 1.29 is 9.53 Å². The molecule has 20 heavy (non-hydrogen) atoms. The van der Waals surface area contributed by atoms with Gasteiger partial charge in [0.25, 0.3) is 5.91 Å². The van der Waals surface area contributed by atoms with Crippen LogP contribution >= 0.6 is 11.3 Å². The van der Waals surface area contributed by atoms with Crippen LogP contribution in [0.25, 0.3) is 0 Å². The van der Waals surface area contributed by atoms with E-state index in [0.717, 1.165) is 16.2 Å². The highest BCUT2D eigenvalue weighted by atomic mass is 32.1. The van der Waals surface area contributed by atoms with E-state index >= 15 is 0 Å². The van der Waals surface area contributed by atoms with Crippen molar-refractivity contribution in [3.63, 3.8) is 0 Å². The number of ether oxygens (including phenoxy) is 1. The highest BCUT2D eigenvalue weighted by molar-refractivity contribution is 7.12. The van der Waals surface area contributed by atoms with Gasteiger partial charge in [0.2, 0.25) is 0 Å². The normalized spacial score (nSPS) is 12.2. The van der Waals surface area contributed by atoms with E-state index in [1.165, 1.54) is 11.3 Å². The Bertz CT molecular complexity index is 564. The van der Waals surface area contributed by atoms with Gasteiger partial charge in [0, 0.05) is 5.56 Å². The van der Waals surface area contributed by atoms with Crippen LogP contribution in [0.2, 0.25) is 0 Å². The fraction of sp³-hybridized carbons (Fsp3) is 0.312. The fourth-order valence-corrected chi connectivity index (χ4v) is 2.58. The minimum atomic E-state index is -0.0976. The van der Waals surface area contributed by atoms with Crippen molar-refractivity contribution in [2.75, 3.05) is 0 Å². The molecule has 0 saturated carbocycles. The first-order chi connectivity index (χ1) is 9.58. The van der Waals surface area contributed by atoms with Crippen molar-refractivity contribution in [2.24, 2.45) is 0 Å². The Morgan fingerprint density at radius 2 is 1.90 bits per heavy atom. The maximum absolute atomic E-state index is 12.1. The molecule has 2 aromatic rings. The van der Waals surface area contributed by atoms with Crippen LogP contribution in [0.4, 0.5) is 0 Å². The zero-order valence-corrected chi connectivity index (χ0v) is 12.7. The van der Waals surface area contributed by atoms with Crippen molar-refractivity contribution in [1.82, 2.24) is 5.32 Å². The van der Waals surface area contributed by atoms with Gasteiger partial charge in [0.1, 0.15) is 5.75 Å². The van der Waals surface area contributed by atoms with E-state index in [-0.39, 0.29) is 18.1 Å². The third kappa shape index (κ3) is 3.61. The number of carbonyl (C=O) groups excluding carboxylic acids is 1. The molecular formula is C16H19NO2S. The predicted molar refractivity (Wildman–Crippen MR) is 82.4 cm³/mol. The molecule has 0 spiro atoms. The number of benzene rings is 1. The van der Waals surface area contributed by atoms with Crippen LogP contribution in [-0.2, 0) is 0 Å². The van der Waals surface area contributed by atoms with Gasteiger partial charge in [-0.05, 0) is 38.3 Å². The summed E-state index contributed by atoms with van der Waals surface area (Å²) in [5.41, 5.74) is 0.992. The molecule has 0 aliphatic rings. The molecule has 0 radical (unpaired) electrons. The number of carbonyl (C=O) groups is 1. The quantitative estimate of drug-likeness (QED) is 0.902. The zero-order valence-electron chi connectivity index (χ0n) is 11.9. The molecule has 3 nitrogen and oxygen atoms in total. The third-order valence-corrected chi connectivity index (χ3v) is 3.71. The van der Waals surface area contributed by atoms with E-state index in [4.69, 9.17) is 4.74 Å². The number of rotatable bonds is 5. The molecule has 0 aliphatic heterocycles. The summed E-state index contributed by atoms with van der Waals surface area (Å²) in [5.74, 6) is 0.772. The maximum atomic E-state index is 12.1. The average molecular weight is 289 g/mol. The maximum Gasteiger partial charge on any atom is 0.261 e. The summed E-state index contributed by atoms with van der Waals surface area (Å²) < 4.78 is 5.79. The van der Waals surface area contributed by atoms with E-state index in [9.17, 15) is 4.79 Å². The monoisotopic (exact) mass is 289 g/mol. The second kappa shape index (κ2) is 6.57. The molecule has 1 N–H and O–H groups in total. The van der Waals surface area contributed by atoms with Gasteiger partial charge in [-0.1, -0.05) is 24.3 Å². The average Bonchev–Trinajstić information content (AvgIpc) is 2.92. The summed E-state index contributed by atoms with van der Waals surface area (Å²) >= 11 is 1.44. The number of thiophene rings is 1. The van der Waals surface area contributed by atoms with Gasteiger partial charge in [0.15, 0.2) is 0 Å². The van der Waals surface area contributed by atoms with Crippen LogP contribution < -0.4 is 10.1 Å². The molecule has 1 aromatic carbocycles. The molecule has 106 valence electrons. The van der Waals surface area contributed by atoms with Crippen molar-refractivity contribution in [3.8, 4) is 5.75 Å². The molecule has 1 aromatic heterocycles. The third-order valence-electron chi connectivity index (χ3n) is 2.84. The molecule has 1 amide bonds. The standard InChI is InChI=1S/C16H19NO2S/c1-11(2)19-14-8-5-4-7-13(14)12(3)17-16(18)15-9-6-10-20-15/h4-12H,1-3H3,(H,17,18). The Morgan fingerprint density at radius 1 is 1.15 bits per heavy atom. The van der Waals surface area contributed by atoms with Crippen LogP contribution in [0.15, 0.2) is 41.8 Å². The molecular weight excluding hydrogens is 270 g/mol. The summed E-state index contributed by atoms with van der Waals surface area (Å²) in [4.78, 5) is 12.8. The Balaban J connectivity index is 2.13. The summed E-state index contributed by atoms with van der Waals surface area (Å²) in [6.45, 7) is 5.95. The largest absolute Gasteiger partial charge is 0.491 e. The lowest BCUT2D eigenvalue weighted by Gasteiger charge is -2.19. The van der Waals surface area contributed by atoms with Gasteiger partial charge in [-0.15, -0.1) is 11.3 Å². The highest BCUT2D eigenvalue weighted by Crippen LogP contribution is 2.26. The van der Waals surface area contributed by atoms with Gasteiger partial charge in [-0.3, -0.25) is 4.79 Å². The molecule has 1 heterocycles. The second-order valence-electron chi connectivity index (χ2n) is 4.88. The topological polar surface area (TPSA) is 38.3 Å². The van der Waals surface area contributed by atoms with Crippen molar-refractivity contribution in [3.05, 3.63) is 52.2 Å². The molecule has 0 aliphatic carbocycles. The van der Waals surface area contributed by atoms with Gasteiger partial charge in [-0.25, -0.2) is 0 Å². The van der Waals surface area contributed by atoms with Crippen LogP contribution in [-0.4, -0.2) is 12.0 Å². The molecule has 0 fully saturated rings. The Hall–Kier alpha value is -1.81. The van der Waals surface area contributed by atoms with Crippen LogP contribution in [0.1, 0.15) is 42.0 Å². The minimum absolute atomic E-state index is 0.0492. The Kier molecular flexibility index (Phi) is 4.79. The first-order valence-corrected chi connectivity index (χ1v) is 7.56. The van der Waals surface area contributed by atoms with Crippen molar-refractivity contribution >= 4 is 17.2 Å². The Labute approximate surface area is 123 Å². The summed E-state index contributed by atoms with van der Waals surface area (Å²) in [6, 6.07) is 11.4. The van der Waals surface area contributed by atoms with E-state index in [0.29, 0.717) is 0 Å². The van der Waals surface area contributed by atoms with Crippen molar-refractivity contribution in [2.45, 2.75) is 32.9 Å². The number of hydrogen-bond donors (Lipinski definition) is 1. The fourth-order valence-electron chi connectivity index (χ4n) is 1.95. The number of nitrogens with one attached hydrogen (secondary N) is 1. The molecule has 0 bridgehead atoms. The first kappa shape index (κ1) is 14.6. The minimum Gasteiger partial charge on any atom is -0.491 e. The predicted octanol–water partition coefficient (Wildman–Crippen LogP) is 4.03. The SMILES string of the molecule is CC(C)Oc1ccccc1C(C)NC(=O)c1cccs1. The molecule has 0 saturated heterocycles. The van der Waals surface area contributed by atoms with Gasteiger partial charge >= 0.3 is 0 Å². The van der Waals surface area contributed by atoms with E-state index < -0.39 is 0 Å². The van der Waals surface area contributed by atoms with Crippen molar-refractivity contribution in [1.29, 1.82) is 0 Å². The number of para-hydroxylation sites is 1. The highest BCUT2D eigenvalue weighted by Gasteiger charge is 2.16. The van der Waals surface area contributed by atoms with E-state index in [1.54, 1.807) is 0 Å². The van der Waals surface area contributed by atoms with Gasteiger partial charge in [0.05, 0.1) is 17.0 Å². The zero-order chi connectivity index (χ0) is 14.5. The summed E-state index contributed by atoms with van der Waals surface area (Å²) in [5, 5.41) is 4.90. The molecule has 1 atom stereocenters. The van der Waals surface area contributed by atoms with Gasteiger partial charge in [-0.2, -0.15) is 0 Å². The second-order valence-corrected chi connectivity index (χ2v) is 5.82. The Morgan fingerprint density at radius 3 is 2.55 bits per heavy atom. The smallest absolute Gasteiger partial charge is 0.261 e. The van der Waals surface area contributed by atoms with Gasteiger partial charge < -0.3 is 10.1 Å². The summed E-state index contributed by atoms with van der Waals surface area (Å²) in [7, 11) is 0. The lowest BCUT2D eigenvalue weighted by molar-refractivity contribution is 0.0943. The first-order valence-electron chi connectivity index (χ1n) is 6.68. The molecule has 1 unspecified atom stereocenters. The van der Waals surface area contributed by atoms with E-state index in [1.807, 2.05) is 62.5 Å². The molecule has 4 heteroatoms. The number of hydrogen-bond acceptors (Lipinski definition) is 3. The number of amides is 1. The van der Waals surface area contributed by atoms with Crippen LogP contribution in [0.3, 0.4) is 0 Å². The van der Waals surface area contributed by atoms with E-state index in [2.05, 4.69) is 5.32 Å². The lowest BCUT2D eigenvalue weighted by Crippen LogP contribution is -2.26. The van der Waals surface area contributed by atoms with Crippen LogP contribution in [0.5, 0.6) is 5.75 Å².